The summed E-state index contributed by atoms with van der Waals surface area (Å²) in [5.41, 5.74) is 3.59. The molecule has 2 N–H and O–H groups in total. The third kappa shape index (κ3) is 4.26. The summed E-state index contributed by atoms with van der Waals surface area (Å²) in [4.78, 5) is 46.7. The van der Waals surface area contributed by atoms with E-state index in [-0.39, 0.29) is 11.8 Å². The lowest BCUT2D eigenvalue weighted by atomic mass is 9.84. The number of amides is 4. The predicted molar refractivity (Wildman–Crippen MR) is 134 cm³/mol. The molecule has 35 heavy (non-hydrogen) atoms. The quantitative estimate of drug-likeness (QED) is 0.625. The number of carbonyl (C=O) groups excluding carboxylic acids is 3. The van der Waals surface area contributed by atoms with Crippen LogP contribution in [-0.2, 0) is 10.3 Å². The van der Waals surface area contributed by atoms with Gasteiger partial charge in [-0.25, -0.2) is 9.78 Å². The number of aromatic nitrogens is 1. The highest BCUT2D eigenvalue weighted by Gasteiger charge is 2.47. The standard InChI is InChI=1S/C27H33N5O3/c1-4-9-27(25(34)29-26(35)30-27)21-7-8-22(17(2)15-21)24(33)32-12-10-31(11-13-32)23-18(3)14-20(16-28-23)19-5-6-19/h7-8,14-16,19H,4-6,9-13H2,1-3H3,(H2,29,30,34,35)/t27-/m0/s1. The number of carbonyl (C=O) groups is 3. The molecule has 3 aliphatic rings. The molecule has 3 fully saturated rings. The molecule has 2 aromatic rings. The summed E-state index contributed by atoms with van der Waals surface area (Å²) in [6.45, 7) is 8.72. The lowest BCUT2D eigenvalue weighted by Crippen LogP contribution is -2.49. The fourth-order valence-corrected chi connectivity index (χ4v) is 5.41. The molecule has 0 unspecified atom stereocenters. The second-order valence-electron chi connectivity index (χ2n) is 10.1. The molecule has 5 rings (SSSR count). The molecule has 1 atom stereocenters. The number of pyridine rings is 1. The third-order valence-electron chi connectivity index (χ3n) is 7.50. The van der Waals surface area contributed by atoms with Crippen LogP contribution in [0.3, 0.4) is 0 Å². The van der Waals surface area contributed by atoms with E-state index in [2.05, 4.69) is 28.5 Å². The molecule has 8 nitrogen and oxygen atoms in total. The number of hydrogen-bond donors (Lipinski definition) is 2. The number of anilines is 1. The fraction of sp³-hybridized carbons (Fsp3) is 0.481. The zero-order valence-corrected chi connectivity index (χ0v) is 20.7. The summed E-state index contributed by atoms with van der Waals surface area (Å²) in [7, 11) is 0. The maximum atomic E-state index is 13.4. The Morgan fingerprint density at radius 1 is 1.09 bits per heavy atom. The van der Waals surface area contributed by atoms with Gasteiger partial charge in [0, 0.05) is 37.9 Å². The molecule has 1 aromatic carbocycles. The van der Waals surface area contributed by atoms with Gasteiger partial charge in [-0.1, -0.05) is 31.5 Å². The fourth-order valence-electron chi connectivity index (χ4n) is 5.41. The number of urea groups is 1. The summed E-state index contributed by atoms with van der Waals surface area (Å²) in [5.74, 6) is 1.36. The van der Waals surface area contributed by atoms with Crippen molar-refractivity contribution in [1.29, 1.82) is 0 Å². The average Bonchev–Trinajstić information content (AvgIpc) is 3.64. The lowest BCUT2D eigenvalue weighted by molar-refractivity contribution is -0.124. The Morgan fingerprint density at radius 2 is 1.83 bits per heavy atom. The number of aryl methyl sites for hydroxylation is 2. The van der Waals surface area contributed by atoms with Crippen LogP contribution in [0.4, 0.5) is 10.6 Å². The van der Waals surface area contributed by atoms with E-state index >= 15 is 0 Å². The van der Waals surface area contributed by atoms with Gasteiger partial charge in [0.05, 0.1) is 0 Å². The van der Waals surface area contributed by atoms with Gasteiger partial charge in [-0.15, -0.1) is 0 Å². The van der Waals surface area contributed by atoms with Gasteiger partial charge >= 0.3 is 6.03 Å². The van der Waals surface area contributed by atoms with E-state index in [4.69, 9.17) is 4.98 Å². The van der Waals surface area contributed by atoms with Crippen LogP contribution in [0.2, 0.25) is 0 Å². The van der Waals surface area contributed by atoms with Crippen molar-refractivity contribution in [2.45, 2.75) is 57.9 Å². The molecule has 1 saturated carbocycles. The molecule has 184 valence electrons. The SMILES string of the molecule is CCC[C@@]1(c2ccc(C(=O)N3CCN(c4ncc(C5CC5)cc4C)CC3)c(C)c2)NC(=O)NC1=O. The van der Waals surface area contributed by atoms with Crippen molar-refractivity contribution in [2.75, 3.05) is 31.1 Å². The Kier molecular flexibility index (Phi) is 5.99. The van der Waals surface area contributed by atoms with Crippen LogP contribution >= 0.6 is 0 Å². The molecule has 2 aliphatic heterocycles. The smallest absolute Gasteiger partial charge is 0.322 e. The van der Waals surface area contributed by atoms with Crippen molar-refractivity contribution in [3.63, 3.8) is 0 Å². The Hall–Kier alpha value is -3.42. The Labute approximate surface area is 206 Å². The molecule has 8 heteroatoms. The van der Waals surface area contributed by atoms with Crippen LogP contribution in [0.25, 0.3) is 0 Å². The number of piperazine rings is 1. The van der Waals surface area contributed by atoms with Gasteiger partial charge in [0.1, 0.15) is 11.4 Å². The minimum Gasteiger partial charge on any atom is -0.353 e. The first-order chi connectivity index (χ1) is 16.8. The van der Waals surface area contributed by atoms with Gasteiger partial charge in [0.2, 0.25) is 0 Å². The molecule has 4 amide bonds. The monoisotopic (exact) mass is 475 g/mol. The topological polar surface area (TPSA) is 94.6 Å². The zero-order chi connectivity index (χ0) is 24.7. The second-order valence-corrected chi connectivity index (χ2v) is 10.1. The number of nitrogens with one attached hydrogen (secondary N) is 2. The van der Waals surface area contributed by atoms with Gasteiger partial charge in [0.15, 0.2) is 0 Å². The number of benzene rings is 1. The number of hydrogen-bond acceptors (Lipinski definition) is 5. The maximum Gasteiger partial charge on any atom is 0.322 e. The molecule has 3 heterocycles. The minimum atomic E-state index is -1.08. The highest BCUT2D eigenvalue weighted by atomic mass is 16.2. The van der Waals surface area contributed by atoms with Gasteiger partial charge in [-0.3, -0.25) is 14.9 Å². The van der Waals surface area contributed by atoms with Crippen LogP contribution in [0.5, 0.6) is 0 Å². The lowest BCUT2D eigenvalue weighted by Gasteiger charge is -2.36. The Balaban J connectivity index is 1.28. The van der Waals surface area contributed by atoms with Crippen molar-refractivity contribution in [2.24, 2.45) is 0 Å². The van der Waals surface area contributed by atoms with E-state index in [1.807, 2.05) is 31.0 Å². The van der Waals surface area contributed by atoms with E-state index in [0.717, 1.165) is 30.9 Å². The van der Waals surface area contributed by atoms with Crippen LogP contribution < -0.4 is 15.5 Å². The minimum absolute atomic E-state index is 0.00749. The Morgan fingerprint density at radius 3 is 2.40 bits per heavy atom. The molecular weight excluding hydrogens is 442 g/mol. The summed E-state index contributed by atoms with van der Waals surface area (Å²) >= 11 is 0. The van der Waals surface area contributed by atoms with Crippen LogP contribution in [-0.4, -0.2) is 53.9 Å². The Bertz CT molecular complexity index is 1180. The van der Waals surface area contributed by atoms with Crippen molar-refractivity contribution < 1.29 is 14.4 Å². The van der Waals surface area contributed by atoms with E-state index in [9.17, 15) is 14.4 Å². The van der Waals surface area contributed by atoms with Crippen molar-refractivity contribution in [3.8, 4) is 0 Å². The number of rotatable bonds is 6. The van der Waals surface area contributed by atoms with Gasteiger partial charge in [-0.2, -0.15) is 0 Å². The van der Waals surface area contributed by atoms with Crippen LogP contribution in [0.15, 0.2) is 30.5 Å². The molecule has 1 aliphatic carbocycles. The summed E-state index contributed by atoms with van der Waals surface area (Å²) in [6, 6.07) is 7.23. The van der Waals surface area contributed by atoms with Crippen molar-refractivity contribution in [1.82, 2.24) is 20.5 Å². The van der Waals surface area contributed by atoms with Crippen LogP contribution in [0.1, 0.15) is 71.1 Å². The van der Waals surface area contributed by atoms with E-state index in [1.54, 1.807) is 12.1 Å². The number of nitrogens with zero attached hydrogens (tertiary/aromatic N) is 3. The van der Waals surface area contributed by atoms with Crippen molar-refractivity contribution >= 4 is 23.7 Å². The molecule has 0 bridgehead atoms. The van der Waals surface area contributed by atoms with Crippen LogP contribution in [0, 0.1) is 13.8 Å². The van der Waals surface area contributed by atoms with Crippen molar-refractivity contribution in [3.05, 3.63) is 58.3 Å². The predicted octanol–water partition coefficient (Wildman–Crippen LogP) is 3.37. The molecular formula is C27H33N5O3. The molecule has 1 aromatic heterocycles. The van der Waals surface area contributed by atoms with Gasteiger partial charge in [-0.05, 0) is 67.3 Å². The first-order valence-electron chi connectivity index (χ1n) is 12.6. The molecule has 0 spiro atoms. The maximum absolute atomic E-state index is 13.4. The van der Waals surface area contributed by atoms with E-state index < -0.39 is 11.6 Å². The van der Waals surface area contributed by atoms with E-state index in [0.29, 0.717) is 36.6 Å². The van der Waals surface area contributed by atoms with E-state index in [1.165, 1.54) is 24.0 Å². The zero-order valence-electron chi connectivity index (χ0n) is 20.7. The highest BCUT2D eigenvalue weighted by molar-refractivity contribution is 6.07. The highest BCUT2D eigenvalue weighted by Crippen LogP contribution is 2.40. The van der Waals surface area contributed by atoms with Gasteiger partial charge < -0.3 is 15.1 Å². The van der Waals surface area contributed by atoms with Gasteiger partial charge in [0.25, 0.3) is 11.8 Å². The normalized spacial score (nSPS) is 22.3. The third-order valence-corrected chi connectivity index (χ3v) is 7.50. The first-order valence-corrected chi connectivity index (χ1v) is 12.6. The second kappa shape index (κ2) is 8.98. The largest absolute Gasteiger partial charge is 0.353 e. The number of imide groups is 1. The molecule has 0 radical (unpaired) electrons. The molecule has 2 saturated heterocycles. The average molecular weight is 476 g/mol. The summed E-state index contributed by atoms with van der Waals surface area (Å²) < 4.78 is 0. The first kappa shape index (κ1) is 23.3. The summed E-state index contributed by atoms with van der Waals surface area (Å²) in [6.07, 6.45) is 5.77. The summed E-state index contributed by atoms with van der Waals surface area (Å²) in [5, 5.41) is 5.16.